The molecule has 0 saturated heterocycles. The number of aromatic nitrogens is 4. The molecule has 0 bridgehead atoms. The van der Waals surface area contributed by atoms with Crippen LogP contribution in [0.15, 0.2) is 97.6 Å². The smallest absolute Gasteiger partial charge is 0.270 e. The SMILES string of the molecule is O=C(NC1CCC(C(=O)Nc2ccc(F)cc2Cl)CC1)c1cnc2ccccn12.O=C(NC1CCC(C(=O)Nc2ccc(F)cc2Cl)CC1)c1cnn2ccccc12. The molecule has 0 aliphatic heterocycles. The lowest BCUT2D eigenvalue weighted by atomic mass is 9.85. The summed E-state index contributed by atoms with van der Waals surface area (Å²) < 4.78 is 29.7. The number of rotatable bonds is 8. The molecule has 0 unspecified atom stereocenters. The second kappa shape index (κ2) is 18.2. The fourth-order valence-electron chi connectivity index (χ4n) is 7.38. The van der Waals surface area contributed by atoms with Gasteiger partial charge in [0.05, 0.1) is 44.9 Å². The van der Waals surface area contributed by atoms with Crippen molar-refractivity contribution in [2.75, 3.05) is 10.6 Å². The Labute approximate surface area is 342 Å². The Morgan fingerprint density at radius 3 is 1.74 bits per heavy atom. The molecule has 2 fully saturated rings. The molecular formula is C42H40Cl2F2N8O4. The van der Waals surface area contributed by atoms with Gasteiger partial charge in [0, 0.05) is 36.3 Å². The molecule has 0 spiro atoms. The van der Waals surface area contributed by atoms with Crippen LogP contribution in [0.3, 0.4) is 0 Å². The molecule has 4 N–H and O–H groups in total. The highest BCUT2D eigenvalue weighted by Crippen LogP contribution is 2.30. The molecule has 4 aromatic heterocycles. The van der Waals surface area contributed by atoms with Crippen molar-refractivity contribution in [3.63, 3.8) is 0 Å². The fraction of sp³-hybridized carbons (Fsp3) is 0.286. The van der Waals surface area contributed by atoms with Crippen molar-refractivity contribution >= 4 is 69.4 Å². The summed E-state index contributed by atoms with van der Waals surface area (Å²) in [5.41, 5.74) is 3.32. The number of carbonyl (C=O) groups excluding carboxylic acids is 4. The number of nitrogens with zero attached hydrogens (tertiary/aromatic N) is 4. The normalized spacial score (nSPS) is 19.1. The zero-order valence-corrected chi connectivity index (χ0v) is 32.6. The summed E-state index contributed by atoms with van der Waals surface area (Å²) in [5.74, 6) is -1.82. The number of hydrogen-bond acceptors (Lipinski definition) is 6. The van der Waals surface area contributed by atoms with Gasteiger partial charge in [0.25, 0.3) is 11.8 Å². The molecule has 6 aromatic rings. The van der Waals surface area contributed by atoms with Crippen molar-refractivity contribution < 1.29 is 28.0 Å². The van der Waals surface area contributed by atoms with E-state index in [-0.39, 0.29) is 57.6 Å². The van der Waals surface area contributed by atoms with E-state index >= 15 is 0 Å². The van der Waals surface area contributed by atoms with E-state index in [1.54, 1.807) is 33.7 Å². The Kier molecular flexibility index (Phi) is 12.6. The van der Waals surface area contributed by atoms with E-state index in [9.17, 15) is 28.0 Å². The summed E-state index contributed by atoms with van der Waals surface area (Å²) in [6.45, 7) is 0. The van der Waals surface area contributed by atoms with Crippen LogP contribution < -0.4 is 21.3 Å². The van der Waals surface area contributed by atoms with Crippen molar-refractivity contribution in [1.82, 2.24) is 29.6 Å². The van der Waals surface area contributed by atoms with Gasteiger partial charge >= 0.3 is 0 Å². The van der Waals surface area contributed by atoms with Gasteiger partial charge in [-0.2, -0.15) is 5.10 Å². The molecule has 300 valence electrons. The van der Waals surface area contributed by atoms with E-state index in [4.69, 9.17) is 23.2 Å². The Balaban J connectivity index is 0.000000177. The standard InChI is InChI=1S/2C21H20ClFN4O2/c22-17-11-14(23)6-9-18(17)26-20(28)13-4-7-15(8-5-13)25-21(29)16-12-24-27-10-2-1-3-19(16)27;22-16-11-14(23)6-9-17(16)26-20(28)13-4-7-15(8-5-13)25-21(29)18-12-24-19-3-1-2-10-27(18)19/h2*1-3,6,9-13,15H,4-5,7-8H2,(H,25,29)(H,26,28). The number of amides is 4. The van der Waals surface area contributed by atoms with Crippen molar-refractivity contribution in [2.24, 2.45) is 11.8 Å². The second-order valence-electron chi connectivity index (χ2n) is 14.4. The molecule has 4 amide bonds. The van der Waals surface area contributed by atoms with Crippen LogP contribution in [-0.2, 0) is 9.59 Å². The number of anilines is 2. The van der Waals surface area contributed by atoms with Crippen LogP contribution in [0.2, 0.25) is 10.0 Å². The zero-order chi connectivity index (χ0) is 40.8. The number of imidazole rings is 1. The van der Waals surface area contributed by atoms with E-state index < -0.39 is 11.6 Å². The Hall–Kier alpha value is -5.86. The lowest BCUT2D eigenvalue weighted by molar-refractivity contribution is -0.121. The minimum absolute atomic E-state index is 0.00946. The third kappa shape index (κ3) is 9.63. The van der Waals surface area contributed by atoms with E-state index in [2.05, 4.69) is 31.3 Å². The lowest BCUT2D eigenvalue weighted by Crippen LogP contribution is -2.40. The van der Waals surface area contributed by atoms with Crippen LogP contribution in [-0.4, -0.2) is 54.7 Å². The van der Waals surface area contributed by atoms with Gasteiger partial charge in [-0.25, -0.2) is 18.3 Å². The molecule has 58 heavy (non-hydrogen) atoms. The Bertz CT molecular complexity index is 2290. The van der Waals surface area contributed by atoms with Crippen LogP contribution in [0.5, 0.6) is 0 Å². The average Bonchev–Trinajstić information content (AvgIpc) is 3.86. The Morgan fingerprint density at radius 2 is 1.17 bits per heavy atom. The third-order valence-corrected chi connectivity index (χ3v) is 11.2. The van der Waals surface area contributed by atoms with Gasteiger partial charge in [0.2, 0.25) is 11.8 Å². The number of hydrogen-bond donors (Lipinski definition) is 4. The summed E-state index contributed by atoms with van der Waals surface area (Å²) in [4.78, 5) is 54.5. The van der Waals surface area contributed by atoms with Crippen LogP contribution in [0.1, 0.15) is 72.2 Å². The number of nitrogens with one attached hydrogen (secondary N) is 4. The topological polar surface area (TPSA) is 151 Å². The quantitative estimate of drug-likeness (QED) is 0.122. The number of carbonyl (C=O) groups is 4. The first kappa shape index (κ1) is 40.3. The lowest BCUT2D eigenvalue weighted by Gasteiger charge is -2.28. The third-order valence-electron chi connectivity index (χ3n) is 10.6. The van der Waals surface area contributed by atoms with Gasteiger partial charge in [0.1, 0.15) is 23.0 Å². The largest absolute Gasteiger partial charge is 0.349 e. The van der Waals surface area contributed by atoms with E-state index in [0.717, 1.165) is 11.2 Å². The highest BCUT2D eigenvalue weighted by molar-refractivity contribution is 6.34. The maximum atomic E-state index is 13.1. The van der Waals surface area contributed by atoms with E-state index in [1.807, 2.05) is 36.4 Å². The Morgan fingerprint density at radius 1 is 0.638 bits per heavy atom. The molecule has 0 atom stereocenters. The van der Waals surface area contributed by atoms with Gasteiger partial charge in [0.15, 0.2) is 0 Å². The first-order valence-corrected chi connectivity index (χ1v) is 19.8. The van der Waals surface area contributed by atoms with Crippen molar-refractivity contribution in [1.29, 1.82) is 0 Å². The van der Waals surface area contributed by atoms with Crippen molar-refractivity contribution in [2.45, 2.75) is 63.5 Å². The molecule has 2 aliphatic carbocycles. The van der Waals surface area contributed by atoms with Gasteiger partial charge in [-0.3, -0.25) is 23.6 Å². The molecule has 12 nitrogen and oxygen atoms in total. The molecular weight excluding hydrogens is 789 g/mol. The highest BCUT2D eigenvalue weighted by atomic mass is 35.5. The van der Waals surface area contributed by atoms with Gasteiger partial charge < -0.3 is 21.3 Å². The minimum atomic E-state index is -0.449. The predicted molar refractivity (Wildman–Crippen MR) is 217 cm³/mol. The van der Waals surface area contributed by atoms with E-state index in [0.29, 0.717) is 74.0 Å². The second-order valence-corrected chi connectivity index (χ2v) is 15.2. The molecule has 4 heterocycles. The number of halogens is 4. The van der Waals surface area contributed by atoms with E-state index in [1.165, 1.54) is 36.4 Å². The fourth-order valence-corrected chi connectivity index (χ4v) is 7.81. The van der Waals surface area contributed by atoms with Gasteiger partial charge in [-0.1, -0.05) is 35.3 Å². The molecule has 2 aromatic carbocycles. The van der Waals surface area contributed by atoms with Gasteiger partial charge in [-0.05, 0) is 112 Å². The number of benzene rings is 2. The maximum absolute atomic E-state index is 13.1. The highest BCUT2D eigenvalue weighted by Gasteiger charge is 2.30. The predicted octanol–water partition coefficient (Wildman–Crippen LogP) is 8.11. The van der Waals surface area contributed by atoms with Crippen LogP contribution in [0.4, 0.5) is 20.2 Å². The summed E-state index contributed by atoms with van der Waals surface area (Å²) in [6.07, 6.45) is 12.2. The summed E-state index contributed by atoms with van der Waals surface area (Å²) in [7, 11) is 0. The monoisotopic (exact) mass is 828 g/mol. The summed E-state index contributed by atoms with van der Waals surface area (Å²) in [5, 5.41) is 16.2. The first-order valence-electron chi connectivity index (χ1n) is 19.0. The number of fused-ring (bicyclic) bond motifs is 2. The van der Waals surface area contributed by atoms with Crippen LogP contribution in [0, 0.1) is 23.5 Å². The molecule has 0 radical (unpaired) electrons. The average molecular weight is 830 g/mol. The summed E-state index contributed by atoms with van der Waals surface area (Å²) in [6, 6.07) is 18.9. The van der Waals surface area contributed by atoms with Crippen LogP contribution in [0.25, 0.3) is 11.2 Å². The van der Waals surface area contributed by atoms with Crippen molar-refractivity contribution in [3.8, 4) is 0 Å². The maximum Gasteiger partial charge on any atom is 0.270 e. The molecule has 8 rings (SSSR count). The zero-order valence-electron chi connectivity index (χ0n) is 31.1. The first-order chi connectivity index (χ1) is 28.0. The van der Waals surface area contributed by atoms with Gasteiger partial charge in [-0.15, -0.1) is 0 Å². The number of pyridine rings is 2. The molecule has 2 aliphatic rings. The molecule has 16 heteroatoms. The van der Waals surface area contributed by atoms with Crippen LogP contribution >= 0.6 is 23.2 Å². The minimum Gasteiger partial charge on any atom is -0.349 e. The summed E-state index contributed by atoms with van der Waals surface area (Å²) >= 11 is 11.9. The molecule has 2 saturated carbocycles. The van der Waals surface area contributed by atoms with Crippen molar-refractivity contribution in [3.05, 3.63) is 131 Å².